The molecule has 0 radical (unpaired) electrons. The van der Waals surface area contributed by atoms with Gasteiger partial charge >= 0.3 is 0 Å². The van der Waals surface area contributed by atoms with Gasteiger partial charge in [0.15, 0.2) is 0 Å². The average Bonchev–Trinajstić information content (AvgIpc) is 2.33. The first-order valence-corrected chi connectivity index (χ1v) is 4.12. The van der Waals surface area contributed by atoms with Crippen LogP contribution in [0.2, 0.25) is 0 Å². The first kappa shape index (κ1) is 9.27. The quantitative estimate of drug-likeness (QED) is 0.625. The molecular weight excluding hydrogens is 146 g/mol. The number of benzene rings is 1. The summed E-state index contributed by atoms with van der Waals surface area (Å²) in [6.45, 7) is 2.12. The van der Waals surface area contributed by atoms with Gasteiger partial charge in [0.2, 0.25) is 0 Å². The summed E-state index contributed by atoms with van der Waals surface area (Å²) in [4.78, 5) is 0. The number of hydrogen-bond acceptors (Lipinski definition) is 1. The van der Waals surface area contributed by atoms with Crippen molar-refractivity contribution in [3.63, 3.8) is 0 Å². The number of hydrogen-bond donors (Lipinski definition) is 1. The summed E-state index contributed by atoms with van der Waals surface area (Å²) < 4.78 is 0. The molecule has 1 aliphatic rings. The van der Waals surface area contributed by atoms with Crippen LogP contribution in [-0.2, 0) is 6.42 Å². The maximum absolute atomic E-state index is 5.92. The molecule has 0 saturated carbocycles. The molecule has 1 aliphatic carbocycles. The van der Waals surface area contributed by atoms with E-state index in [0.29, 0.717) is 6.04 Å². The summed E-state index contributed by atoms with van der Waals surface area (Å²) in [5, 5.41) is 0. The van der Waals surface area contributed by atoms with E-state index < -0.39 is 0 Å². The molecular formula is C11H17N. The van der Waals surface area contributed by atoms with Gasteiger partial charge in [-0.15, -0.1) is 0 Å². The maximum Gasteiger partial charge on any atom is 0.0300 e. The van der Waals surface area contributed by atoms with Crippen LogP contribution in [0.15, 0.2) is 18.2 Å². The van der Waals surface area contributed by atoms with Crippen LogP contribution in [-0.4, -0.2) is 0 Å². The summed E-state index contributed by atoms with van der Waals surface area (Å²) in [7, 11) is 0. The zero-order valence-electron chi connectivity index (χ0n) is 6.80. The Labute approximate surface area is 74.6 Å². The maximum atomic E-state index is 5.92. The number of aryl methyl sites for hydroxylation is 2. The lowest BCUT2D eigenvalue weighted by atomic mass is 10.1. The second kappa shape index (κ2) is 3.28. The minimum absolute atomic E-state index is 0. The third kappa shape index (κ3) is 1.37. The lowest BCUT2D eigenvalue weighted by Crippen LogP contribution is -2.05. The molecule has 1 atom stereocenters. The Morgan fingerprint density at radius 1 is 1.42 bits per heavy atom. The van der Waals surface area contributed by atoms with Crippen molar-refractivity contribution in [1.29, 1.82) is 0 Å². The molecule has 0 saturated heterocycles. The lowest BCUT2D eigenvalue weighted by Gasteiger charge is -2.04. The van der Waals surface area contributed by atoms with Gasteiger partial charge in [-0.25, -0.2) is 0 Å². The highest BCUT2D eigenvalue weighted by Gasteiger charge is 2.17. The van der Waals surface area contributed by atoms with Crippen molar-refractivity contribution in [3.8, 4) is 0 Å². The smallest absolute Gasteiger partial charge is 0.0300 e. The Morgan fingerprint density at radius 2 is 2.17 bits per heavy atom. The van der Waals surface area contributed by atoms with Crippen LogP contribution < -0.4 is 5.73 Å². The van der Waals surface area contributed by atoms with Crippen LogP contribution in [0.3, 0.4) is 0 Å². The molecule has 66 valence electrons. The highest BCUT2D eigenvalue weighted by molar-refractivity contribution is 5.37. The Bertz CT molecular complexity index is 278. The summed E-state index contributed by atoms with van der Waals surface area (Å²) in [6.07, 6.45) is 2.29. The van der Waals surface area contributed by atoms with Gasteiger partial charge < -0.3 is 5.73 Å². The van der Waals surface area contributed by atoms with Gasteiger partial charge in [0.1, 0.15) is 0 Å². The van der Waals surface area contributed by atoms with Crippen LogP contribution in [0.4, 0.5) is 0 Å². The fourth-order valence-electron chi connectivity index (χ4n) is 1.75. The number of rotatable bonds is 0. The summed E-state index contributed by atoms with van der Waals surface area (Å²) in [5.41, 5.74) is 10.0. The Hall–Kier alpha value is -0.820. The minimum Gasteiger partial charge on any atom is -0.324 e. The highest BCUT2D eigenvalue weighted by Crippen LogP contribution is 2.29. The number of fused-ring (bicyclic) bond motifs is 1. The van der Waals surface area contributed by atoms with Crippen molar-refractivity contribution in [2.75, 3.05) is 0 Å². The fraction of sp³-hybridized carbons (Fsp3) is 0.455. The zero-order valence-corrected chi connectivity index (χ0v) is 6.80. The normalized spacial score (nSPS) is 20.0. The molecule has 0 heterocycles. The van der Waals surface area contributed by atoms with E-state index in [1.54, 1.807) is 0 Å². The predicted molar refractivity (Wildman–Crippen MR) is 53.2 cm³/mol. The van der Waals surface area contributed by atoms with Crippen molar-refractivity contribution in [1.82, 2.24) is 0 Å². The molecule has 12 heavy (non-hydrogen) atoms. The standard InChI is InChI=1S/C10H13N.CH4/c1-7-2-3-8-4-5-10(11)9(8)6-7;/h2-3,6,10H,4-5,11H2,1H3;1H4/t10-;/m1./s1. The monoisotopic (exact) mass is 163 g/mol. The van der Waals surface area contributed by atoms with Gasteiger partial charge in [0.25, 0.3) is 0 Å². The molecule has 1 heteroatoms. The highest BCUT2D eigenvalue weighted by atomic mass is 14.6. The summed E-state index contributed by atoms with van der Waals surface area (Å²) in [6, 6.07) is 6.88. The molecule has 0 amide bonds. The summed E-state index contributed by atoms with van der Waals surface area (Å²) in [5.74, 6) is 0. The Balaban J connectivity index is 0.000000720. The van der Waals surface area contributed by atoms with E-state index in [2.05, 4.69) is 25.1 Å². The van der Waals surface area contributed by atoms with Crippen molar-refractivity contribution in [2.24, 2.45) is 5.73 Å². The van der Waals surface area contributed by atoms with E-state index in [1.165, 1.54) is 16.7 Å². The Kier molecular flexibility index (Phi) is 2.53. The molecule has 0 bridgehead atoms. The van der Waals surface area contributed by atoms with Gasteiger partial charge in [0.05, 0.1) is 0 Å². The summed E-state index contributed by atoms with van der Waals surface area (Å²) >= 11 is 0. The van der Waals surface area contributed by atoms with Crippen LogP contribution >= 0.6 is 0 Å². The van der Waals surface area contributed by atoms with Crippen molar-refractivity contribution < 1.29 is 0 Å². The van der Waals surface area contributed by atoms with Gasteiger partial charge in [-0.1, -0.05) is 31.2 Å². The molecule has 2 rings (SSSR count). The van der Waals surface area contributed by atoms with E-state index in [9.17, 15) is 0 Å². The van der Waals surface area contributed by atoms with E-state index >= 15 is 0 Å². The Morgan fingerprint density at radius 3 is 2.92 bits per heavy atom. The molecule has 0 fully saturated rings. The predicted octanol–water partition coefficient (Wildman–Crippen LogP) is 2.58. The van der Waals surface area contributed by atoms with Gasteiger partial charge in [0, 0.05) is 6.04 Å². The first-order valence-electron chi connectivity index (χ1n) is 4.12. The van der Waals surface area contributed by atoms with Crippen LogP contribution in [0.25, 0.3) is 0 Å². The second-order valence-electron chi connectivity index (χ2n) is 3.35. The largest absolute Gasteiger partial charge is 0.324 e. The lowest BCUT2D eigenvalue weighted by molar-refractivity contribution is 0.713. The van der Waals surface area contributed by atoms with Crippen LogP contribution in [0.5, 0.6) is 0 Å². The molecule has 0 aromatic heterocycles. The van der Waals surface area contributed by atoms with Crippen molar-refractivity contribution in [2.45, 2.75) is 33.2 Å². The molecule has 2 N–H and O–H groups in total. The van der Waals surface area contributed by atoms with Gasteiger partial charge in [-0.3, -0.25) is 0 Å². The molecule has 1 aromatic carbocycles. The number of nitrogens with two attached hydrogens (primary N) is 1. The van der Waals surface area contributed by atoms with E-state index in [1.807, 2.05) is 0 Å². The third-order valence-electron chi connectivity index (χ3n) is 2.43. The SMILES string of the molecule is C.Cc1ccc2c(c1)[C@H](N)CC2. The fourth-order valence-corrected chi connectivity index (χ4v) is 1.75. The third-order valence-corrected chi connectivity index (χ3v) is 2.43. The topological polar surface area (TPSA) is 26.0 Å². The van der Waals surface area contributed by atoms with Crippen molar-refractivity contribution >= 4 is 0 Å². The van der Waals surface area contributed by atoms with Crippen LogP contribution in [0.1, 0.15) is 36.6 Å². The second-order valence-corrected chi connectivity index (χ2v) is 3.35. The van der Waals surface area contributed by atoms with E-state index in [-0.39, 0.29) is 7.43 Å². The van der Waals surface area contributed by atoms with Gasteiger partial charge in [-0.2, -0.15) is 0 Å². The molecule has 1 nitrogen and oxygen atoms in total. The molecule has 0 aliphatic heterocycles. The zero-order chi connectivity index (χ0) is 7.84. The van der Waals surface area contributed by atoms with Crippen molar-refractivity contribution in [3.05, 3.63) is 34.9 Å². The molecule has 0 spiro atoms. The minimum atomic E-state index is 0. The molecule has 1 aromatic rings. The van der Waals surface area contributed by atoms with E-state index in [0.717, 1.165) is 12.8 Å². The van der Waals surface area contributed by atoms with Crippen LogP contribution in [0, 0.1) is 6.92 Å². The molecule has 0 unspecified atom stereocenters. The van der Waals surface area contributed by atoms with E-state index in [4.69, 9.17) is 5.73 Å². The first-order chi connectivity index (χ1) is 5.27. The average molecular weight is 163 g/mol. The van der Waals surface area contributed by atoms with Gasteiger partial charge in [-0.05, 0) is 30.9 Å².